The van der Waals surface area contributed by atoms with E-state index in [9.17, 15) is 9.59 Å². The van der Waals surface area contributed by atoms with Gasteiger partial charge in [-0.05, 0) is 44.4 Å². The molecule has 1 aliphatic rings. The van der Waals surface area contributed by atoms with Crippen LogP contribution in [0.25, 0.3) is 0 Å². The lowest BCUT2D eigenvalue weighted by Gasteiger charge is -2.33. The Balaban J connectivity index is 1.96. The highest BCUT2D eigenvalue weighted by atomic mass is 16.5. The van der Waals surface area contributed by atoms with Crippen molar-refractivity contribution in [1.82, 2.24) is 15.5 Å². The molecule has 2 rings (SSSR count). The summed E-state index contributed by atoms with van der Waals surface area (Å²) < 4.78 is 10.4. The number of amides is 2. The smallest absolute Gasteiger partial charge is 0.252 e. The third kappa shape index (κ3) is 6.63. The molecule has 1 aromatic carbocycles. The lowest BCUT2D eigenvalue weighted by Crippen LogP contribution is -2.51. The van der Waals surface area contributed by atoms with E-state index in [4.69, 9.17) is 9.47 Å². The summed E-state index contributed by atoms with van der Waals surface area (Å²) in [5, 5.41) is 5.85. The Bertz CT molecular complexity index is 670. The van der Waals surface area contributed by atoms with Gasteiger partial charge in [-0.3, -0.25) is 14.5 Å². The first-order chi connectivity index (χ1) is 13.8. The molecular weight excluding hydrogens is 370 g/mol. The summed E-state index contributed by atoms with van der Waals surface area (Å²) in [4.78, 5) is 27.9. The number of benzene rings is 1. The van der Waals surface area contributed by atoms with Gasteiger partial charge in [-0.25, -0.2) is 0 Å². The molecule has 1 heterocycles. The van der Waals surface area contributed by atoms with Crippen LogP contribution >= 0.6 is 0 Å². The molecule has 162 valence electrons. The predicted molar refractivity (Wildman–Crippen MR) is 114 cm³/mol. The maximum absolute atomic E-state index is 12.8. The molecule has 0 aromatic heterocycles. The molecule has 2 atom stereocenters. The minimum atomic E-state index is -0.613. The molecular formula is C22H35N3O4. The van der Waals surface area contributed by atoms with Crippen molar-refractivity contribution in [2.24, 2.45) is 5.92 Å². The van der Waals surface area contributed by atoms with Gasteiger partial charge < -0.3 is 20.1 Å². The molecule has 1 aromatic rings. The molecule has 1 saturated heterocycles. The highest BCUT2D eigenvalue weighted by Gasteiger charge is 2.25. The van der Waals surface area contributed by atoms with Gasteiger partial charge in [0, 0.05) is 30.8 Å². The van der Waals surface area contributed by atoms with Crippen LogP contribution in [-0.4, -0.2) is 62.7 Å². The Morgan fingerprint density at radius 2 is 1.79 bits per heavy atom. The van der Waals surface area contributed by atoms with Crippen LogP contribution in [0.1, 0.15) is 50.4 Å². The zero-order valence-electron chi connectivity index (χ0n) is 18.3. The van der Waals surface area contributed by atoms with Crippen LogP contribution in [0.5, 0.6) is 11.5 Å². The number of nitrogens with zero attached hydrogens (tertiary/aromatic N) is 1. The number of methoxy groups -OCH3 is 2. The first-order valence-electron chi connectivity index (χ1n) is 10.4. The molecule has 0 radical (unpaired) electrons. The Kier molecular flexibility index (Phi) is 8.76. The Hall–Kier alpha value is -2.28. The van der Waals surface area contributed by atoms with Gasteiger partial charge in [-0.15, -0.1) is 0 Å². The SMILES string of the molecule is COc1cc(OC)cc(C(=O)N[C@@H](C(=O)NCCN2CCCC[C@H]2C)C(C)C)c1. The predicted octanol–water partition coefficient (Wildman–Crippen LogP) is 2.45. The van der Waals surface area contributed by atoms with Crippen LogP contribution in [0, 0.1) is 5.92 Å². The molecule has 2 N–H and O–H groups in total. The van der Waals surface area contributed by atoms with E-state index in [1.165, 1.54) is 33.5 Å². The highest BCUT2D eigenvalue weighted by molar-refractivity contribution is 5.98. The van der Waals surface area contributed by atoms with Crippen LogP contribution in [-0.2, 0) is 4.79 Å². The number of nitrogens with one attached hydrogen (secondary N) is 2. The number of ether oxygens (including phenoxy) is 2. The molecule has 2 amide bonds. The second-order valence-electron chi connectivity index (χ2n) is 7.97. The molecule has 0 unspecified atom stereocenters. The Morgan fingerprint density at radius 3 is 2.34 bits per heavy atom. The number of rotatable bonds is 9. The first kappa shape index (κ1) is 23.0. The van der Waals surface area contributed by atoms with Gasteiger partial charge in [0.05, 0.1) is 14.2 Å². The average Bonchev–Trinajstić information content (AvgIpc) is 2.72. The summed E-state index contributed by atoms with van der Waals surface area (Å²) in [5.41, 5.74) is 0.391. The molecule has 7 heteroatoms. The third-order valence-electron chi connectivity index (χ3n) is 5.49. The van der Waals surface area contributed by atoms with Gasteiger partial charge in [-0.2, -0.15) is 0 Å². The van der Waals surface area contributed by atoms with Gasteiger partial charge in [-0.1, -0.05) is 20.3 Å². The monoisotopic (exact) mass is 405 g/mol. The summed E-state index contributed by atoms with van der Waals surface area (Å²) >= 11 is 0. The Morgan fingerprint density at radius 1 is 1.14 bits per heavy atom. The van der Waals surface area contributed by atoms with E-state index < -0.39 is 6.04 Å². The van der Waals surface area contributed by atoms with Gasteiger partial charge in [0.15, 0.2) is 0 Å². The average molecular weight is 406 g/mol. The molecule has 0 saturated carbocycles. The van der Waals surface area contributed by atoms with Crippen LogP contribution < -0.4 is 20.1 Å². The molecule has 1 aliphatic heterocycles. The zero-order chi connectivity index (χ0) is 21.4. The minimum absolute atomic E-state index is 0.0413. The minimum Gasteiger partial charge on any atom is -0.497 e. The fraction of sp³-hybridized carbons (Fsp3) is 0.636. The number of carbonyl (C=O) groups excluding carboxylic acids is 2. The van der Waals surface area contributed by atoms with E-state index >= 15 is 0 Å². The molecule has 7 nitrogen and oxygen atoms in total. The topological polar surface area (TPSA) is 79.9 Å². The second-order valence-corrected chi connectivity index (χ2v) is 7.97. The van der Waals surface area contributed by atoms with E-state index in [-0.39, 0.29) is 17.7 Å². The zero-order valence-corrected chi connectivity index (χ0v) is 18.3. The van der Waals surface area contributed by atoms with Crippen molar-refractivity contribution in [2.75, 3.05) is 33.9 Å². The van der Waals surface area contributed by atoms with Crippen molar-refractivity contribution in [1.29, 1.82) is 0 Å². The molecule has 0 aliphatic carbocycles. The van der Waals surface area contributed by atoms with Crippen molar-refractivity contribution in [3.05, 3.63) is 23.8 Å². The van der Waals surface area contributed by atoms with Crippen molar-refractivity contribution >= 4 is 11.8 Å². The van der Waals surface area contributed by atoms with Crippen LogP contribution in [0.2, 0.25) is 0 Å². The van der Waals surface area contributed by atoms with Crippen molar-refractivity contribution in [2.45, 2.75) is 52.1 Å². The number of carbonyl (C=O) groups is 2. The first-order valence-corrected chi connectivity index (χ1v) is 10.4. The van der Waals surface area contributed by atoms with E-state index in [2.05, 4.69) is 22.5 Å². The lowest BCUT2D eigenvalue weighted by atomic mass is 10.0. The number of hydrogen-bond donors (Lipinski definition) is 2. The fourth-order valence-corrected chi connectivity index (χ4v) is 3.62. The lowest BCUT2D eigenvalue weighted by molar-refractivity contribution is -0.124. The molecule has 1 fully saturated rings. The van der Waals surface area contributed by atoms with Gasteiger partial charge >= 0.3 is 0 Å². The normalized spacial score (nSPS) is 18.2. The van der Waals surface area contributed by atoms with E-state index in [1.807, 2.05) is 13.8 Å². The summed E-state index contributed by atoms with van der Waals surface area (Å²) in [5.74, 6) is 0.514. The largest absolute Gasteiger partial charge is 0.497 e. The summed E-state index contributed by atoms with van der Waals surface area (Å²) in [6, 6.07) is 4.91. The number of likely N-dealkylation sites (tertiary alicyclic amines) is 1. The molecule has 0 bridgehead atoms. The van der Waals surface area contributed by atoms with Gasteiger partial charge in [0.2, 0.25) is 5.91 Å². The number of hydrogen-bond acceptors (Lipinski definition) is 5. The van der Waals surface area contributed by atoms with Crippen LogP contribution in [0.3, 0.4) is 0 Å². The maximum atomic E-state index is 12.8. The van der Waals surface area contributed by atoms with Gasteiger partial charge in [0.25, 0.3) is 5.91 Å². The maximum Gasteiger partial charge on any atom is 0.252 e. The van der Waals surface area contributed by atoms with E-state index in [0.29, 0.717) is 29.6 Å². The van der Waals surface area contributed by atoms with Crippen molar-refractivity contribution < 1.29 is 19.1 Å². The van der Waals surface area contributed by atoms with E-state index in [1.54, 1.807) is 18.2 Å². The fourth-order valence-electron chi connectivity index (χ4n) is 3.62. The standard InChI is InChI=1S/C22H35N3O4/c1-15(2)20(22(27)23-9-11-25-10-7-6-8-16(25)3)24-21(26)17-12-18(28-4)14-19(13-17)29-5/h12-16,20H,6-11H2,1-5H3,(H,23,27)(H,24,26)/t16-,20-/m1/s1. The quantitative estimate of drug-likeness (QED) is 0.660. The molecule has 29 heavy (non-hydrogen) atoms. The third-order valence-corrected chi connectivity index (χ3v) is 5.49. The van der Waals surface area contributed by atoms with Gasteiger partial charge in [0.1, 0.15) is 17.5 Å². The van der Waals surface area contributed by atoms with E-state index in [0.717, 1.165) is 13.1 Å². The summed E-state index contributed by atoms with van der Waals surface area (Å²) in [7, 11) is 3.06. The van der Waals surface area contributed by atoms with Crippen LogP contribution in [0.15, 0.2) is 18.2 Å². The Labute approximate surface area is 174 Å². The van der Waals surface area contributed by atoms with Crippen LogP contribution in [0.4, 0.5) is 0 Å². The molecule has 0 spiro atoms. The summed E-state index contributed by atoms with van der Waals surface area (Å²) in [6.45, 7) is 8.57. The second kappa shape index (κ2) is 11.0. The highest BCUT2D eigenvalue weighted by Crippen LogP contribution is 2.22. The summed E-state index contributed by atoms with van der Waals surface area (Å²) in [6.07, 6.45) is 3.70. The van der Waals surface area contributed by atoms with Crippen molar-refractivity contribution in [3.8, 4) is 11.5 Å². The number of piperidine rings is 1. The van der Waals surface area contributed by atoms with Crippen molar-refractivity contribution in [3.63, 3.8) is 0 Å².